The number of nitrogens with one attached hydrogen (secondary N) is 2. The molecule has 1 amide bonds. The minimum absolute atomic E-state index is 0. The summed E-state index contributed by atoms with van der Waals surface area (Å²) in [6, 6.07) is 7.92. The lowest BCUT2D eigenvalue weighted by Crippen LogP contribution is -2.46. The van der Waals surface area contributed by atoms with Crippen LogP contribution in [0, 0.1) is 0 Å². The van der Waals surface area contributed by atoms with Gasteiger partial charge in [-0.2, -0.15) is 0 Å². The Hall–Kier alpha value is -1.99. The largest absolute Gasteiger partial charge is 0.352 e. The Morgan fingerprint density at radius 2 is 2.18 bits per heavy atom. The minimum Gasteiger partial charge on any atom is -0.352 e. The monoisotopic (exact) mass is 322 g/mol. The van der Waals surface area contributed by atoms with E-state index in [1.807, 2.05) is 24.3 Å². The van der Waals surface area contributed by atoms with Crippen LogP contribution in [0.15, 0.2) is 30.6 Å². The highest BCUT2D eigenvalue weighted by atomic mass is 35.5. The van der Waals surface area contributed by atoms with E-state index in [9.17, 15) is 4.79 Å². The second-order valence-corrected chi connectivity index (χ2v) is 5.21. The van der Waals surface area contributed by atoms with Gasteiger partial charge in [-0.15, -0.1) is 17.5 Å². The first-order valence-electron chi connectivity index (χ1n) is 7.13. The zero-order valence-corrected chi connectivity index (χ0v) is 12.9. The molecule has 0 spiro atoms. The van der Waals surface area contributed by atoms with Crippen molar-refractivity contribution in [2.45, 2.75) is 25.3 Å². The van der Waals surface area contributed by atoms with E-state index >= 15 is 0 Å². The van der Waals surface area contributed by atoms with Crippen molar-refractivity contribution < 1.29 is 4.79 Å². The molecular weight excluding hydrogens is 304 g/mol. The molecule has 2 aromatic rings. The van der Waals surface area contributed by atoms with Crippen molar-refractivity contribution in [3.05, 3.63) is 36.2 Å². The van der Waals surface area contributed by atoms with E-state index in [4.69, 9.17) is 0 Å². The van der Waals surface area contributed by atoms with Crippen LogP contribution in [0.5, 0.6) is 0 Å². The number of hydrogen-bond acceptors (Lipinski definition) is 5. The van der Waals surface area contributed by atoms with Crippen molar-refractivity contribution in [1.29, 1.82) is 0 Å². The quantitative estimate of drug-likeness (QED) is 0.856. The van der Waals surface area contributed by atoms with Crippen molar-refractivity contribution in [3.63, 3.8) is 0 Å². The lowest BCUT2D eigenvalue weighted by atomic mass is 10.1. The fraction of sp³-hybridized carbons (Fsp3) is 0.429. The third-order valence-electron chi connectivity index (χ3n) is 3.58. The van der Waals surface area contributed by atoms with Crippen LogP contribution in [-0.2, 0) is 11.2 Å². The average Bonchev–Trinajstić information content (AvgIpc) is 3.03. The molecule has 1 aromatic heterocycles. The summed E-state index contributed by atoms with van der Waals surface area (Å²) in [5, 5.41) is 17.4. The topological polar surface area (TPSA) is 84.7 Å². The number of aromatic nitrogens is 4. The number of benzene rings is 1. The van der Waals surface area contributed by atoms with E-state index < -0.39 is 0 Å². The third kappa shape index (κ3) is 4.25. The van der Waals surface area contributed by atoms with Gasteiger partial charge in [0.1, 0.15) is 6.33 Å². The first kappa shape index (κ1) is 16.4. The molecule has 0 unspecified atom stereocenters. The molecule has 2 N–H and O–H groups in total. The van der Waals surface area contributed by atoms with Gasteiger partial charge in [-0.25, -0.2) is 4.68 Å². The van der Waals surface area contributed by atoms with Gasteiger partial charge in [-0.05, 0) is 47.5 Å². The highest BCUT2D eigenvalue weighted by Gasteiger charge is 2.15. The van der Waals surface area contributed by atoms with Crippen LogP contribution in [0.4, 0.5) is 0 Å². The van der Waals surface area contributed by atoms with Crippen LogP contribution in [0.25, 0.3) is 5.69 Å². The SMILES string of the molecule is Cl.O=C(Cc1ccc(-n2cnnn2)cc1)N[C@H]1CCCNC1. The summed E-state index contributed by atoms with van der Waals surface area (Å²) in [6.45, 7) is 1.91. The highest BCUT2D eigenvalue weighted by Crippen LogP contribution is 2.09. The van der Waals surface area contributed by atoms with Gasteiger partial charge in [-0.1, -0.05) is 12.1 Å². The summed E-state index contributed by atoms with van der Waals surface area (Å²) >= 11 is 0. The standard InChI is InChI=1S/C14H18N6O.ClH/c21-14(17-12-2-1-7-15-9-12)8-11-3-5-13(6-4-11)20-10-16-18-19-20;/h3-6,10,12,15H,1-2,7-9H2,(H,17,21);1H/t12-;/m0./s1. The molecule has 0 aliphatic carbocycles. The van der Waals surface area contributed by atoms with E-state index in [0.717, 1.165) is 37.2 Å². The van der Waals surface area contributed by atoms with Gasteiger partial charge in [-0.3, -0.25) is 4.79 Å². The van der Waals surface area contributed by atoms with Crippen LogP contribution < -0.4 is 10.6 Å². The molecule has 1 fully saturated rings. The molecule has 1 aromatic carbocycles. The number of piperidine rings is 1. The molecule has 1 saturated heterocycles. The molecule has 0 saturated carbocycles. The molecule has 2 heterocycles. The summed E-state index contributed by atoms with van der Waals surface area (Å²) in [5.74, 6) is 0.0684. The number of carbonyl (C=O) groups excluding carboxylic acids is 1. The van der Waals surface area contributed by atoms with Gasteiger partial charge in [0.2, 0.25) is 5.91 Å². The first-order chi connectivity index (χ1) is 10.3. The Morgan fingerprint density at radius 1 is 1.36 bits per heavy atom. The number of amides is 1. The van der Waals surface area contributed by atoms with Crippen molar-refractivity contribution in [3.8, 4) is 5.69 Å². The highest BCUT2D eigenvalue weighted by molar-refractivity contribution is 5.85. The van der Waals surface area contributed by atoms with Gasteiger partial charge in [0.15, 0.2) is 0 Å². The molecule has 7 nitrogen and oxygen atoms in total. The van der Waals surface area contributed by atoms with Crippen LogP contribution in [0.1, 0.15) is 18.4 Å². The van der Waals surface area contributed by atoms with Crippen LogP contribution in [0.2, 0.25) is 0 Å². The maximum atomic E-state index is 12.0. The smallest absolute Gasteiger partial charge is 0.224 e. The van der Waals surface area contributed by atoms with Crippen LogP contribution in [-0.4, -0.2) is 45.2 Å². The summed E-state index contributed by atoms with van der Waals surface area (Å²) < 4.78 is 1.58. The maximum absolute atomic E-state index is 12.0. The maximum Gasteiger partial charge on any atom is 0.224 e. The lowest BCUT2D eigenvalue weighted by molar-refractivity contribution is -0.121. The second-order valence-electron chi connectivity index (χ2n) is 5.21. The number of halogens is 1. The van der Waals surface area contributed by atoms with Crippen molar-refractivity contribution >= 4 is 18.3 Å². The summed E-state index contributed by atoms with van der Waals surface area (Å²) in [7, 11) is 0. The molecule has 8 heteroatoms. The lowest BCUT2D eigenvalue weighted by Gasteiger charge is -2.23. The van der Waals surface area contributed by atoms with Crippen LogP contribution in [0.3, 0.4) is 0 Å². The van der Waals surface area contributed by atoms with E-state index in [0.29, 0.717) is 6.42 Å². The van der Waals surface area contributed by atoms with Gasteiger partial charge < -0.3 is 10.6 Å². The van der Waals surface area contributed by atoms with Gasteiger partial charge in [0.25, 0.3) is 0 Å². The Kier molecular flexibility index (Phi) is 5.85. The van der Waals surface area contributed by atoms with Crippen molar-refractivity contribution in [2.75, 3.05) is 13.1 Å². The number of nitrogens with zero attached hydrogens (tertiary/aromatic N) is 4. The number of tetrazole rings is 1. The molecule has 3 rings (SSSR count). The fourth-order valence-electron chi connectivity index (χ4n) is 2.49. The van der Waals surface area contributed by atoms with E-state index in [1.54, 1.807) is 4.68 Å². The van der Waals surface area contributed by atoms with E-state index in [2.05, 4.69) is 26.2 Å². The Balaban J connectivity index is 0.00000176. The van der Waals surface area contributed by atoms with E-state index in [1.165, 1.54) is 6.33 Å². The van der Waals surface area contributed by atoms with Crippen molar-refractivity contribution in [1.82, 2.24) is 30.8 Å². The molecular formula is C14H19ClN6O. The molecule has 1 aliphatic heterocycles. The van der Waals surface area contributed by atoms with Gasteiger partial charge >= 0.3 is 0 Å². The molecule has 22 heavy (non-hydrogen) atoms. The Morgan fingerprint density at radius 3 is 2.82 bits per heavy atom. The Labute approximate surface area is 134 Å². The van der Waals surface area contributed by atoms with Crippen LogP contribution >= 0.6 is 12.4 Å². The van der Waals surface area contributed by atoms with Crippen molar-refractivity contribution in [2.24, 2.45) is 0 Å². The predicted molar refractivity (Wildman–Crippen MR) is 84.1 cm³/mol. The molecule has 118 valence electrons. The average molecular weight is 323 g/mol. The fourth-order valence-corrected chi connectivity index (χ4v) is 2.49. The minimum atomic E-state index is 0. The zero-order chi connectivity index (χ0) is 14.5. The molecule has 0 bridgehead atoms. The Bertz CT molecular complexity index is 580. The number of hydrogen-bond donors (Lipinski definition) is 2. The summed E-state index contributed by atoms with van der Waals surface area (Å²) in [4.78, 5) is 12.0. The molecule has 1 atom stereocenters. The predicted octanol–water partition coefficient (Wildman–Crippen LogP) is 0.495. The third-order valence-corrected chi connectivity index (χ3v) is 3.58. The molecule has 0 radical (unpaired) electrons. The van der Waals surface area contributed by atoms with Gasteiger partial charge in [0.05, 0.1) is 12.1 Å². The van der Waals surface area contributed by atoms with E-state index in [-0.39, 0.29) is 24.4 Å². The summed E-state index contributed by atoms with van der Waals surface area (Å²) in [6.07, 6.45) is 4.10. The summed E-state index contributed by atoms with van der Waals surface area (Å²) in [5.41, 5.74) is 1.86. The normalized spacial score (nSPS) is 17.5. The second kappa shape index (κ2) is 7.86. The number of rotatable bonds is 4. The van der Waals surface area contributed by atoms with Gasteiger partial charge in [0, 0.05) is 12.6 Å². The number of carbonyl (C=O) groups is 1. The zero-order valence-electron chi connectivity index (χ0n) is 12.1. The molecule has 1 aliphatic rings. The first-order valence-corrected chi connectivity index (χ1v) is 7.13.